The number of thioether (sulfide) groups is 1. The number of hydrogen-bond acceptors (Lipinski definition) is 4. The monoisotopic (exact) mass is 282 g/mol. The Hall–Kier alpha value is -1.20. The van der Waals surface area contributed by atoms with E-state index in [4.69, 9.17) is 4.74 Å². The lowest BCUT2D eigenvalue weighted by atomic mass is 10.3. The van der Waals surface area contributed by atoms with Crippen LogP contribution in [0.5, 0.6) is 5.75 Å². The quantitative estimate of drug-likeness (QED) is 0.715. The van der Waals surface area contributed by atoms with Crippen LogP contribution in [0.1, 0.15) is 13.3 Å². The van der Waals surface area contributed by atoms with E-state index in [2.05, 4.69) is 10.6 Å². The van der Waals surface area contributed by atoms with Gasteiger partial charge in [-0.05, 0) is 38.2 Å². The predicted molar refractivity (Wildman–Crippen MR) is 79.9 cm³/mol. The van der Waals surface area contributed by atoms with Crippen molar-refractivity contribution in [3.05, 3.63) is 24.3 Å². The van der Waals surface area contributed by atoms with Crippen LogP contribution in [0.3, 0.4) is 0 Å². The maximum absolute atomic E-state index is 11.6. The van der Waals surface area contributed by atoms with E-state index in [1.165, 1.54) is 0 Å². The number of amides is 1. The lowest BCUT2D eigenvalue weighted by molar-refractivity contribution is -0.120. The third kappa shape index (κ3) is 6.50. The first-order valence-corrected chi connectivity index (χ1v) is 7.35. The van der Waals surface area contributed by atoms with E-state index in [9.17, 15) is 4.79 Å². The molecule has 0 spiro atoms. The highest BCUT2D eigenvalue weighted by atomic mass is 32.2. The van der Waals surface area contributed by atoms with Gasteiger partial charge in [0.05, 0.1) is 7.11 Å². The Morgan fingerprint density at radius 3 is 2.63 bits per heavy atom. The first-order valence-electron chi connectivity index (χ1n) is 6.36. The Kier molecular flexibility index (Phi) is 7.36. The second kappa shape index (κ2) is 8.82. The van der Waals surface area contributed by atoms with Gasteiger partial charge in [0.25, 0.3) is 0 Å². The van der Waals surface area contributed by atoms with E-state index in [1.807, 2.05) is 38.2 Å². The fourth-order valence-corrected chi connectivity index (χ4v) is 2.24. The van der Waals surface area contributed by atoms with E-state index in [-0.39, 0.29) is 5.91 Å². The van der Waals surface area contributed by atoms with Gasteiger partial charge in [0.15, 0.2) is 0 Å². The zero-order chi connectivity index (χ0) is 14.1. The molecule has 1 unspecified atom stereocenters. The van der Waals surface area contributed by atoms with E-state index >= 15 is 0 Å². The summed E-state index contributed by atoms with van der Waals surface area (Å²) in [5.74, 6) is 1.73. The number of rotatable bonds is 8. The topological polar surface area (TPSA) is 50.4 Å². The van der Waals surface area contributed by atoms with Crippen LogP contribution in [0.4, 0.5) is 0 Å². The molecule has 106 valence electrons. The van der Waals surface area contributed by atoms with Gasteiger partial charge in [-0.15, -0.1) is 11.8 Å². The van der Waals surface area contributed by atoms with Crippen molar-refractivity contribution in [2.24, 2.45) is 0 Å². The first-order chi connectivity index (χ1) is 9.15. The molecule has 1 atom stereocenters. The maximum Gasteiger partial charge on any atom is 0.220 e. The molecule has 0 radical (unpaired) electrons. The first kappa shape index (κ1) is 15.9. The maximum atomic E-state index is 11.6. The molecule has 0 saturated carbocycles. The number of nitrogens with one attached hydrogen (secondary N) is 2. The molecule has 1 aromatic carbocycles. The number of hydrogen-bond donors (Lipinski definition) is 2. The van der Waals surface area contributed by atoms with Crippen molar-refractivity contribution in [2.45, 2.75) is 24.3 Å². The van der Waals surface area contributed by atoms with Crippen LogP contribution < -0.4 is 15.4 Å². The van der Waals surface area contributed by atoms with E-state index in [0.29, 0.717) is 19.0 Å². The number of carbonyl (C=O) groups is 1. The van der Waals surface area contributed by atoms with Crippen molar-refractivity contribution < 1.29 is 9.53 Å². The Balaban J connectivity index is 2.20. The summed E-state index contributed by atoms with van der Waals surface area (Å²) in [7, 11) is 3.54. The molecule has 0 fully saturated rings. The average molecular weight is 282 g/mol. The van der Waals surface area contributed by atoms with Crippen LogP contribution in [0.15, 0.2) is 29.2 Å². The fourth-order valence-electron chi connectivity index (χ4n) is 1.39. The van der Waals surface area contributed by atoms with Gasteiger partial charge in [0.1, 0.15) is 5.75 Å². The zero-order valence-electron chi connectivity index (χ0n) is 11.7. The third-order valence-electron chi connectivity index (χ3n) is 2.76. The fraction of sp³-hybridized carbons (Fsp3) is 0.500. The molecular weight excluding hydrogens is 260 g/mol. The van der Waals surface area contributed by atoms with Crippen LogP contribution in [0.25, 0.3) is 0 Å². The van der Waals surface area contributed by atoms with E-state index < -0.39 is 0 Å². The van der Waals surface area contributed by atoms with Crippen molar-refractivity contribution in [2.75, 3.05) is 26.5 Å². The minimum Gasteiger partial charge on any atom is -0.497 e. The lowest BCUT2D eigenvalue weighted by Gasteiger charge is -2.11. The van der Waals surface area contributed by atoms with Gasteiger partial charge < -0.3 is 15.4 Å². The third-order valence-corrected chi connectivity index (χ3v) is 3.77. The number of benzene rings is 1. The van der Waals surface area contributed by atoms with Gasteiger partial charge in [-0.3, -0.25) is 4.79 Å². The molecule has 0 aromatic heterocycles. The largest absolute Gasteiger partial charge is 0.497 e. The van der Waals surface area contributed by atoms with Crippen molar-refractivity contribution in [1.29, 1.82) is 0 Å². The predicted octanol–water partition coefficient (Wildman–Crippen LogP) is 1.90. The van der Waals surface area contributed by atoms with Gasteiger partial charge in [-0.1, -0.05) is 0 Å². The van der Waals surface area contributed by atoms with Crippen molar-refractivity contribution in [1.82, 2.24) is 10.6 Å². The molecule has 1 aromatic rings. The van der Waals surface area contributed by atoms with Crippen LogP contribution in [-0.4, -0.2) is 38.4 Å². The second-order valence-corrected chi connectivity index (χ2v) is 5.44. The van der Waals surface area contributed by atoms with Crippen molar-refractivity contribution in [3.8, 4) is 5.75 Å². The van der Waals surface area contributed by atoms with Crippen molar-refractivity contribution in [3.63, 3.8) is 0 Å². The molecule has 0 bridgehead atoms. The summed E-state index contributed by atoms with van der Waals surface area (Å²) >= 11 is 1.68. The van der Waals surface area contributed by atoms with Gasteiger partial charge in [-0.25, -0.2) is 0 Å². The molecule has 1 amide bonds. The molecule has 0 saturated heterocycles. The van der Waals surface area contributed by atoms with E-state index in [1.54, 1.807) is 18.9 Å². The Morgan fingerprint density at radius 1 is 1.37 bits per heavy atom. The normalized spacial score (nSPS) is 11.9. The zero-order valence-corrected chi connectivity index (χ0v) is 12.5. The summed E-state index contributed by atoms with van der Waals surface area (Å²) < 4.78 is 5.10. The number of carbonyl (C=O) groups excluding carboxylic acids is 1. The molecule has 2 N–H and O–H groups in total. The minimum atomic E-state index is 0.100. The van der Waals surface area contributed by atoms with Gasteiger partial charge in [0.2, 0.25) is 5.91 Å². The van der Waals surface area contributed by atoms with Gasteiger partial charge in [0, 0.05) is 29.7 Å². The van der Waals surface area contributed by atoms with Crippen LogP contribution in [0.2, 0.25) is 0 Å². The van der Waals surface area contributed by atoms with Crippen LogP contribution in [0, 0.1) is 0 Å². The SMILES string of the molecule is CNC(C)CNC(=O)CCSc1ccc(OC)cc1. The highest BCUT2D eigenvalue weighted by Gasteiger charge is 2.04. The molecule has 1 rings (SSSR count). The Bertz CT molecular complexity index is 382. The molecule has 0 aliphatic carbocycles. The summed E-state index contributed by atoms with van der Waals surface area (Å²) in [6.07, 6.45) is 0.535. The number of ether oxygens (including phenoxy) is 1. The summed E-state index contributed by atoms with van der Waals surface area (Å²) in [5.41, 5.74) is 0. The second-order valence-electron chi connectivity index (χ2n) is 4.27. The Labute approximate surface area is 119 Å². The molecule has 19 heavy (non-hydrogen) atoms. The molecular formula is C14H22N2O2S. The van der Waals surface area contributed by atoms with Gasteiger partial charge >= 0.3 is 0 Å². The molecule has 0 aliphatic heterocycles. The smallest absolute Gasteiger partial charge is 0.220 e. The molecule has 4 nitrogen and oxygen atoms in total. The van der Waals surface area contributed by atoms with Gasteiger partial charge in [-0.2, -0.15) is 0 Å². The number of likely N-dealkylation sites (N-methyl/N-ethyl adjacent to an activating group) is 1. The minimum absolute atomic E-state index is 0.100. The summed E-state index contributed by atoms with van der Waals surface area (Å²) in [6, 6.07) is 8.17. The molecule has 5 heteroatoms. The summed E-state index contributed by atoms with van der Waals surface area (Å²) in [6.45, 7) is 2.70. The summed E-state index contributed by atoms with van der Waals surface area (Å²) in [5, 5.41) is 5.98. The Morgan fingerprint density at radius 2 is 2.05 bits per heavy atom. The number of methoxy groups -OCH3 is 1. The highest BCUT2D eigenvalue weighted by Crippen LogP contribution is 2.21. The lowest BCUT2D eigenvalue weighted by Crippen LogP contribution is -2.37. The van der Waals surface area contributed by atoms with E-state index in [0.717, 1.165) is 16.4 Å². The highest BCUT2D eigenvalue weighted by molar-refractivity contribution is 7.99. The standard InChI is InChI=1S/C14H22N2O2S/c1-11(15-2)10-16-14(17)8-9-19-13-6-4-12(18-3)5-7-13/h4-7,11,15H,8-10H2,1-3H3,(H,16,17). The van der Waals surface area contributed by atoms with Crippen molar-refractivity contribution >= 4 is 17.7 Å². The van der Waals surface area contributed by atoms with Crippen LogP contribution >= 0.6 is 11.8 Å². The molecule has 0 aliphatic rings. The molecule has 0 heterocycles. The summed E-state index contributed by atoms with van der Waals surface area (Å²) in [4.78, 5) is 12.7. The average Bonchev–Trinajstić information content (AvgIpc) is 2.45. The van der Waals surface area contributed by atoms with Crippen LogP contribution in [-0.2, 0) is 4.79 Å².